The second-order valence-electron chi connectivity index (χ2n) is 3.80. The van der Waals surface area contributed by atoms with E-state index in [4.69, 9.17) is 9.15 Å². The lowest BCUT2D eigenvalue weighted by Crippen LogP contribution is -2.34. The van der Waals surface area contributed by atoms with Gasteiger partial charge in [0.2, 0.25) is 0 Å². The maximum atomic E-state index is 5.44. The Hall–Kier alpha value is -1.32. The normalized spacial score (nSPS) is 22.0. The van der Waals surface area contributed by atoms with Crippen LogP contribution in [0.25, 0.3) is 11.0 Å². The Morgan fingerprint density at radius 2 is 2.27 bits per heavy atom. The van der Waals surface area contributed by atoms with Gasteiger partial charge >= 0.3 is 0 Å². The van der Waals surface area contributed by atoms with Crippen molar-refractivity contribution in [2.45, 2.75) is 6.04 Å². The molecule has 0 saturated carbocycles. The van der Waals surface area contributed by atoms with Gasteiger partial charge in [-0.15, -0.1) is 0 Å². The molecule has 2 aromatic rings. The van der Waals surface area contributed by atoms with Gasteiger partial charge in [0.25, 0.3) is 0 Å². The average molecular weight is 203 g/mol. The predicted molar refractivity (Wildman–Crippen MR) is 57.8 cm³/mol. The van der Waals surface area contributed by atoms with Crippen LogP contribution in [0.3, 0.4) is 0 Å². The van der Waals surface area contributed by atoms with E-state index in [1.54, 1.807) is 6.26 Å². The maximum absolute atomic E-state index is 5.44. The number of ether oxygens (including phenoxy) is 1. The molecule has 1 saturated heterocycles. The van der Waals surface area contributed by atoms with E-state index in [0.717, 1.165) is 30.7 Å². The summed E-state index contributed by atoms with van der Waals surface area (Å²) >= 11 is 0. The topological polar surface area (TPSA) is 34.4 Å². The summed E-state index contributed by atoms with van der Waals surface area (Å²) in [5.74, 6) is 0. The molecule has 1 aliphatic rings. The number of morpholine rings is 1. The lowest BCUT2D eigenvalue weighted by atomic mass is 10.1. The zero-order valence-corrected chi connectivity index (χ0v) is 8.40. The molecule has 78 valence electrons. The van der Waals surface area contributed by atoms with E-state index < -0.39 is 0 Å². The van der Waals surface area contributed by atoms with Crippen LogP contribution in [-0.4, -0.2) is 19.8 Å². The lowest BCUT2D eigenvalue weighted by Gasteiger charge is -2.24. The molecule has 3 rings (SSSR count). The molecule has 1 aliphatic heterocycles. The van der Waals surface area contributed by atoms with Crippen LogP contribution in [0.5, 0.6) is 0 Å². The first-order valence-electron chi connectivity index (χ1n) is 5.22. The van der Waals surface area contributed by atoms with E-state index in [2.05, 4.69) is 17.4 Å². The molecule has 15 heavy (non-hydrogen) atoms. The fourth-order valence-corrected chi connectivity index (χ4v) is 1.98. The minimum absolute atomic E-state index is 0.318. The highest BCUT2D eigenvalue weighted by Crippen LogP contribution is 2.22. The van der Waals surface area contributed by atoms with Gasteiger partial charge in [-0.1, -0.05) is 6.07 Å². The Balaban J connectivity index is 1.95. The van der Waals surface area contributed by atoms with Gasteiger partial charge in [-0.3, -0.25) is 0 Å². The van der Waals surface area contributed by atoms with Gasteiger partial charge in [-0.25, -0.2) is 0 Å². The monoisotopic (exact) mass is 203 g/mol. The molecule has 1 aromatic carbocycles. The Labute approximate surface area is 88.0 Å². The van der Waals surface area contributed by atoms with Gasteiger partial charge in [0.05, 0.1) is 25.5 Å². The summed E-state index contributed by atoms with van der Waals surface area (Å²) < 4.78 is 10.8. The van der Waals surface area contributed by atoms with Crippen LogP contribution < -0.4 is 5.32 Å². The van der Waals surface area contributed by atoms with Crippen LogP contribution >= 0.6 is 0 Å². The van der Waals surface area contributed by atoms with Crippen LogP contribution in [0, 0.1) is 0 Å². The first kappa shape index (κ1) is 8.95. The van der Waals surface area contributed by atoms with Crippen LogP contribution in [0.4, 0.5) is 0 Å². The molecule has 0 bridgehead atoms. The lowest BCUT2D eigenvalue weighted by molar-refractivity contribution is 0.0769. The molecule has 1 atom stereocenters. The number of furan rings is 1. The number of hydrogen-bond donors (Lipinski definition) is 1. The number of nitrogens with one attached hydrogen (secondary N) is 1. The van der Waals surface area contributed by atoms with Crippen LogP contribution in [0.2, 0.25) is 0 Å². The highest BCUT2D eigenvalue weighted by atomic mass is 16.5. The van der Waals surface area contributed by atoms with E-state index in [1.807, 2.05) is 12.1 Å². The van der Waals surface area contributed by atoms with E-state index in [1.165, 1.54) is 5.56 Å². The van der Waals surface area contributed by atoms with Crippen LogP contribution in [0.15, 0.2) is 34.9 Å². The van der Waals surface area contributed by atoms with Crippen molar-refractivity contribution >= 4 is 11.0 Å². The molecule has 0 amide bonds. The van der Waals surface area contributed by atoms with Crippen molar-refractivity contribution in [2.24, 2.45) is 0 Å². The average Bonchev–Trinajstić information content (AvgIpc) is 2.77. The van der Waals surface area contributed by atoms with Gasteiger partial charge in [-0.2, -0.15) is 0 Å². The van der Waals surface area contributed by atoms with E-state index in [0.29, 0.717) is 6.04 Å². The molecule has 0 spiro atoms. The summed E-state index contributed by atoms with van der Waals surface area (Å²) in [6.45, 7) is 2.49. The molecule has 2 heterocycles. The van der Waals surface area contributed by atoms with E-state index in [9.17, 15) is 0 Å². The summed E-state index contributed by atoms with van der Waals surface area (Å²) in [5.41, 5.74) is 2.21. The van der Waals surface area contributed by atoms with Gasteiger partial charge < -0.3 is 14.5 Å². The SMILES string of the molecule is c1cc2cc(C3COCCN3)ccc2o1. The van der Waals surface area contributed by atoms with Crippen molar-refractivity contribution in [2.75, 3.05) is 19.8 Å². The van der Waals surface area contributed by atoms with Crippen molar-refractivity contribution in [3.63, 3.8) is 0 Å². The molecule has 3 heteroatoms. The van der Waals surface area contributed by atoms with E-state index in [-0.39, 0.29) is 0 Å². The molecule has 1 N–H and O–H groups in total. The number of fused-ring (bicyclic) bond motifs is 1. The maximum Gasteiger partial charge on any atom is 0.133 e. The van der Waals surface area contributed by atoms with Crippen molar-refractivity contribution in [3.05, 3.63) is 36.1 Å². The molecule has 3 nitrogen and oxygen atoms in total. The molecular weight excluding hydrogens is 190 g/mol. The van der Waals surface area contributed by atoms with Crippen molar-refractivity contribution in [1.29, 1.82) is 0 Å². The van der Waals surface area contributed by atoms with Gasteiger partial charge in [0.15, 0.2) is 0 Å². The standard InChI is InChI=1S/C12H13NO2/c1-2-12-10(3-5-15-12)7-9(1)11-8-14-6-4-13-11/h1-3,5,7,11,13H,4,6,8H2. The molecule has 0 aliphatic carbocycles. The number of benzene rings is 1. The van der Waals surface area contributed by atoms with Crippen molar-refractivity contribution in [3.8, 4) is 0 Å². The largest absolute Gasteiger partial charge is 0.464 e. The number of rotatable bonds is 1. The molecular formula is C12H13NO2. The van der Waals surface area contributed by atoms with Crippen molar-refractivity contribution in [1.82, 2.24) is 5.32 Å². The second kappa shape index (κ2) is 3.68. The predicted octanol–water partition coefficient (Wildman–Crippen LogP) is 2.09. The Bertz CT molecular complexity index is 457. The van der Waals surface area contributed by atoms with Crippen LogP contribution in [-0.2, 0) is 4.74 Å². The first-order chi connectivity index (χ1) is 7.43. The minimum Gasteiger partial charge on any atom is -0.464 e. The van der Waals surface area contributed by atoms with Crippen molar-refractivity contribution < 1.29 is 9.15 Å². The van der Waals surface area contributed by atoms with Gasteiger partial charge in [-0.05, 0) is 23.8 Å². The number of hydrogen-bond acceptors (Lipinski definition) is 3. The van der Waals surface area contributed by atoms with E-state index >= 15 is 0 Å². The Morgan fingerprint density at radius 3 is 3.13 bits per heavy atom. The quantitative estimate of drug-likeness (QED) is 0.770. The summed E-state index contributed by atoms with van der Waals surface area (Å²) in [6.07, 6.45) is 1.72. The molecule has 0 radical (unpaired) electrons. The highest BCUT2D eigenvalue weighted by Gasteiger charge is 2.15. The third kappa shape index (κ3) is 1.64. The van der Waals surface area contributed by atoms with Gasteiger partial charge in [0, 0.05) is 11.9 Å². The summed E-state index contributed by atoms with van der Waals surface area (Å²) in [7, 11) is 0. The summed E-state index contributed by atoms with van der Waals surface area (Å²) in [5, 5.41) is 4.59. The zero-order chi connectivity index (χ0) is 10.1. The fourth-order valence-electron chi connectivity index (χ4n) is 1.98. The third-order valence-electron chi connectivity index (χ3n) is 2.80. The summed E-state index contributed by atoms with van der Waals surface area (Å²) in [4.78, 5) is 0. The zero-order valence-electron chi connectivity index (χ0n) is 8.40. The minimum atomic E-state index is 0.318. The summed E-state index contributed by atoms with van der Waals surface area (Å²) in [6, 6.07) is 8.57. The molecule has 1 fully saturated rings. The molecule has 1 unspecified atom stereocenters. The van der Waals surface area contributed by atoms with Gasteiger partial charge in [0.1, 0.15) is 5.58 Å². The second-order valence-corrected chi connectivity index (χ2v) is 3.80. The highest BCUT2D eigenvalue weighted by molar-refractivity contribution is 5.77. The first-order valence-corrected chi connectivity index (χ1v) is 5.22. The Morgan fingerprint density at radius 1 is 1.27 bits per heavy atom. The molecule has 1 aromatic heterocycles. The van der Waals surface area contributed by atoms with Crippen LogP contribution in [0.1, 0.15) is 11.6 Å². The fraction of sp³-hybridized carbons (Fsp3) is 0.333. The smallest absolute Gasteiger partial charge is 0.133 e. The Kier molecular flexibility index (Phi) is 2.19. The third-order valence-corrected chi connectivity index (χ3v) is 2.80.